The van der Waals surface area contributed by atoms with Gasteiger partial charge in [0.1, 0.15) is 0 Å². The zero-order chi connectivity index (χ0) is 14.4. The van der Waals surface area contributed by atoms with Crippen LogP contribution in [0.4, 0.5) is 4.79 Å². The van der Waals surface area contributed by atoms with Gasteiger partial charge in [0.25, 0.3) is 6.16 Å². The Balaban J connectivity index is 0. The second-order valence-corrected chi connectivity index (χ2v) is 4.65. The van der Waals surface area contributed by atoms with Crippen molar-refractivity contribution in [2.45, 2.75) is 39.5 Å². The van der Waals surface area contributed by atoms with Crippen molar-refractivity contribution in [3.63, 3.8) is 0 Å². The van der Waals surface area contributed by atoms with Crippen LogP contribution in [0, 0.1) is 0 Å². The lowest BCUT2D eigenvalue weighted by Crippen LogP contribution is -2.46. The van der Waals surface area contributed by atoms with E-state index in [9.17, 15) is 0 Å². The first-order valence-corrected chi connectivity index (χ1v) is 6.53. The molecule has 5 heteroatoms. The van der Waals surface area contributed by atoms with Crippen molar-refractivity contribution in [2.24, 2.45) is 0 Å². The number of carbonyl (C=O) groups is 1. The van der Waals surface area contributed by atoms with Gasteiger partial charge in [0.15, 0.2) is 6.73 Å². The van der Waals surface area contributed by atoms with Crippen LogP contribution in [-0.2, 0) is 9.47 Å². The maximum absolute atomic E-state index is 9.03. The third kappa shape index (κ3) is 13.3. The molecule has 0 rings (SSSR count). The summed E-state index contributed by atoms with van der Waals surface area (Å²) in [5, 5.41) is 9.03. The lowest BCUT2D eigenvalue weighted by molar-refractivity contribution is -0.927. The standard InChI is InChI=1S/C11H26NO.C2H4O3/c1-5-7-9-12(3,11-13-4)10-8-6-2;1-5-2(3)4/h5-11H2,1-4H3;1H3,(H,3,4)/q+1;/p-1. The number of nitrogens with zero attached hydrogens (tertiary/aromatic N) is 1. The Morgan fingerprint density at radius 3 is 1.72 bits per heavy atom. The lowest BCUT2D eigenvalue weighted by atomic mass is 10.2. The minimum absolute atomic E-state index is 0.861. The van der Waals surface area contributed by atoms with Crippen molar-refractivity contribution >= 4 is 6.16 Å². The van der Waals surface area contributed by atoms with Gasteiger partial charge in [-0.15, -0.1) is 0 Å². The zero-order valence-electron chi connectivity index (χ0n) is 12.5. The largest absolute Gasteiger partial charge is 0.553 e. The average molecular weight is 263 g/mol. The SMILES string of the molecule is CCCC[N+](C)(CCCC)COC.COC(=O)[O-]. The van der Waals surface area contributed by atoms with E-state index in [2.05, 4.69) is 25.6 Å². The van der Waals surface area contributed by atoms with E-state index in [1.807, 2.05) is 0 Å². The van der Waals surface area contributed by atoms with E-state index in [-0.39, 0.29) is 0 Å². The van der Waals surface area contributed by atoms with Gasteiger partial charge in [-0.1, -0.05) is 26.7 Å². The summed E-state index contributed by atoms with van der Waals surface area (Å²) in [6.45, 7) is 7.86. The number of hydrogen-bond donors (Lipinski definition) is 0. The van der Waals surface area contributed by atoms with E-state index in [1.54, 1.807) is 7.11 Å². The predicted octanol–water partition coefficient (Wildman–Crippen LogP) is 1.61. The summed E-state index contributed by atoms with van der Waals surface area (Å²) in [6, 6.07) is 0. The third-order valence-corrected chi connectivity index (χ3v) is 2.71. The van der Waals surface area contributed by atoms with Gasteiger partial charge in [0.05, 0.1) is 20.1 Å². The van der Waals surface area contributed by atoms with Crippen LogP contribution >= 0.6 is 0 Å². The highest BCUT2D eigenvalue weighted by Crippen LogP contribution is 2.08. The van der Waals surface area contributed by atoms with E-state index in [0.29, 0.717) is 0 Å². The highest BCUT2D eigenvalue weighted by molar-refractivity contribution is 5.53. The van der Waals surface area contributed by atoms with Crippen molar-refractivity contribution < 1.29 is 23.9 Å². The first-order chi connectivity index (χ1) is 8.45. The molecule has 0 saturated heterocycles. The Kier molecular flexibility index (Phi) is 13.7. The van der Waals surface area contributed by atoms with Gasteiger partial charge in [0, 0.05) is 14.2 Å². The topological polar surface area (TPSA) is 58.6 Å². The Labute approximate surface area is 111 Å². The number of methoxy groups -OCH3 is 2. The third-order valence-electron chi connectivity index (χ3n) is 2.71. The molecule has 0 atom stereocenters. The molecule has 0 saturated carbocycles. The highest BCUT2D eigenvalue weighted by atomic mass is 16.6. The molecule has 0 spiro atoms. The summed E-state index contributed by atoms with van der Waals surface area (Å²) < 4.78 is 9.91. The van der Waals surface area contributed by atoms with Gasteiger partial charge in [-0.05, 0) is 12.8 Å². The fourth-order valence-corrected chi connectivity index (χ4v) is 1.63. The fraction of sp³-hybridized carbons (Fsp3) is 0.923. The van der Waals surface area contributed by atoms with Crippen LogP contribution in [0.3, 0.4) is 0 Å². The van der Waals surface area contributed by atoms with E-state index in [4.69, 9.17) is 14.6 Å². The van der Waals surface area contributed by atoms with Crippen molar-refractivity contribution in [1.82, 2.24) is 0 Å². The van der Waals surface area contributed by atoms with E-state index < -0.39 is 6.16 Å². The Hall–Kier alpha value is -0.810. The Bertz CT molecular complexity index is 189. The number of quaternary nitrogens is 1. The van der Waals surface area contributed by atoms with E-state index >= 15 is 0 Å². The second kappa shape index (κ2) is 12.6. The van der Waals surface area contributed by atoms with Crippen molar-refractivity contribution in [3.05, 3.63) is 0 Å². The molecule has 0 unspecified atom stereocenters. The molecule has 110 valence electrons. The van der Waals surface area contributed by atoms with Crippen LogP contribution in [0.1, 0.15) is 39.5 Å². The molecule has 18 heavy (non-hydrogen) atoms. The molecule has 0 aromatic heterocycles. The van der Waals surface area contributed by atoms with Gasteiger partial charge in [-0.3, -0.25) is 0 Å². The van der Waals surface area contributed by atoms with E-state index in [1.165, 1.54) is 38.8 Å². The summed E-state index contributed by atoms with van der Waals surface area (Å²) in [5.41, 5.74) is 0. The minimum atomic E-state index is -1.50. The smallest absolute Gasteiger partial charge is 0.251 e. The van der Waals surface area contributed by atoms with Gasteiger partial charge in [0.2, 0.25) is 0 Å². The lowest BCUT2D eigenvalue weighted by Gasteiger charge is -2.33. The molecule has 0 radical (unpaired) electrons. The Morgan fingerprint density at radius 1 is 1.11 bits per heavy atom. The molecule has 0 aliphatic heterocycles. The monoisotopic (exact) mass is 263 g/mol. The molecule has 5 nitrogen and oxygen atoms in total. The molecule has 0 aromatic rings. The molecule has 0 N–H and O–H groups in total. The van der Waals surface area contributed by atoms with Crippen LogP contribution in [0.5, 0.6) is 0 Å². The van der Waals surface area contributed by atoms with Crippen LogP contribution < -0.4 is 5.11 Å². The van der Waals surface area contributed by atoms with Crippen LogP contribution in [0.25, 0.3) is 0 Å². The molecular weight excluding hydrogens is 234 g/mol. The van der Waals surface area contributed by atoms with E-state index in [0.717, 1.165) is 18.3 Å². The minimum Gasteiger partial charge on any atom is -0.553 e. The molecule has 0 aromatic carbocycles. The molecule has 0 amide bonds. The molecule has 0 fully saturated rings. The summed E-state index contributed by atoms with van der Waals surface area (Å²) in [5.74, 6) is 0. The summed E-state index contributed by atoms with van der Waals surface area (Å²) in [6.07, 6.45) is 3.69. The fourth-order valence-electron chi connectivity index (χ4n) is 1.63. The number of hydrogen-bond acceptors (Lipinski definition) is 4. The molecule has 0 aliphatic rings. The first-order valence-electron chi connectivity index (χ1n) is 6.53. The number of carboxylic acid groups (broad SMARTS) is 1. The molecular formula is C13H29NO4. The summed E-state index contributed by atoms with van der Waals surface area (Å²) >= 11 is 0. The quantitative estimate of drug-likeness (QED) is 0.379. The summed E-state index contributed by atoms with van der Waals surface area (Å²) in [7, 11) is 5.14. The zero-order valence-corrected chi connectivity index (χ0v) is 12.5. The average Bonchev–Trinajstić information content (AvgIpc) is 2.35. The van der Waals surface area contributed by atoms with Crippen molar-refractivity contribution in [2.75, 3.05) is 41.1 Å². The van der Waals surface area contributed by atoms with Crippen LogP contribution in [0.2, 0.25) is 0 Å². The molecule has 0 bridgehead atoms. The second-order valence-electron chi connectivity index (χ2n) is 4.65. The van der Waals surface area contributed by atoms with Gasteiger partial charge in [-0.2, -0.15) is 0 Å². The van der Waals surface area contributed by atoms with Crippen LogP contribution in [0.15, 0.2) is 0 Å². The number of rotatable bonds is 8. The molecule has 0 aliphatic carbocycles. The number of ether oxygens (including phenoxy) is 2. The Morgan fingerprint density at radius 2 is 1.50 bits per heavy atom. The first kappa shape index (κ1) is 19.5. The van der Waals surface area contributed by atoms with Gasteiger partial charge >= 0.3 is 0 Å². The van der Waals surface area contributed by atoms with Gasteiger partial charge in [-0.25, -0.2) is 0 Å². The normalized spacial score (nSPS) is 10.5. The van der Waals surface area contributed by atoms with Gasteiger partial charge < -0.3 is 23.9 Å². The van der Waals surface area contributed by atoms with Crippen molar-refractivity contribution in [1.29, 1.82) is 0 Å². The number of unbranched alkanes of at least 4 members (excludes halogenated alkanes) is 2. The highest BCUT2D eigenvalue weighted by Gasteiger charge is 2.19. The maximum Gasteiger partial charge on any atom is 0.251 e. The summed E-state index contributed by atoms with van der Waals surface area (Å²) in [4.78, 5) is 9.03. The number of carbonyl (C=O) groups excluding carboxylic acids is 1. The predicted molar refractivity (Wildman–Crippen MR) is 70.0 cm³/mol. The maximum atomic E-state index is 9.03. The van der Waals surface area contributed by atoms with Crippen LogP contribution in [-0.4, -0.2) is 51.7 Å². The molecule has 0 heterocycles. The van der Waals surface area contributed by atoms with Crippen molar-refractivity contribution in [3.8, 4) is 0 Å².